The van der Waals surface area contributed by atoms with Crippen LogP contribution >= 0.6 is 0 Å². The molecule has 2 aliphatic heterocycles. The van der Waals surface area contributed by atoms with E-state index in [1.807, 2.05) is 6.07 Å². The Balaban J connectivity index is 1.44. The predicted octanol–water partition coefficient (Wildman–Crippen LogP) is 5.78. The van der Waals surface area contributed by atoms with Crippen LogP contribution in [0.1, 0.15) is 47.3 Å². The zero-order valence-corrected chi connectivity index (χ0v) is 17.3. The van der Waals surface area contributed by atoms with Crippen molar-refractivity contribution in [2.45, 2.75) is 57.7 Å². The lowest BCUT2D eigenvalue weighted by Crippen LogP contribution is -2.40. The van der Waals surface area contributed by atoms with Crippen molar-refractivity contribution in [2.24, 2.45) is 0 Å². The Hall–Kier alpha value is -2.62. The third-order valence-electron chi connectivity index (χ3n) is 6.78. The maximum atomic E-state index is 6.63. The van der Waals surface area contributed by atoms with Crippen molar-refractivity contribution >= 4 is 0 Å². The summed E-state index contributed by atoms with van der Waals surface area (Å²) in [7, 11) is 0. The lowest BCUT2D eigenvalue weighted by molar-refractivity contribution is -0.125. The van der Waals surface area contributed by atoms with Gasteiger partial charge in [0, 0.05) is 11.1 Å². The largest absolute Gasteiger partial charge is 0.487 e. The van der Waals surface area contributed by atoms with Crippen LogP contribution in [0, 0.1) is 0 Å². The first-order chi connectivity index (χ1) is 14.8. The van der Waals surface area contributed by atoms with Gasteiger partial charge in [0.15, 0.2) is 0 Å². The lowest BCUT2D eigenvalue weighted by atomic mass is 9.85. The third-order valence-corrected chi connectivity index (χ3v) is 6.78. The van der Waals surface area contributed by atoms with Crippen LogP contribution in [0.25, 0.3) is 11.1 Å². The first-order valence-electron chi connectivity index (χ1n) is 11.0. The minimum Gasteiger partial charge on any atom is -0.487 e. The van der Waals surface area contributed by atoms with Crippen LogP contribution < -0.4 is 4.74 Å². The van der Waals surface area contributed by atoms with Gasteiger partial charge < -0.3 is 14.2 Å². The maximum absolute atomic E-state index is 6.63. The monoisotopic (exact) mass is 398 g/mol. The fourth-order valence-electron chi connectivity index (χ4n) is 5.43. The number of hydrogen-bond donors (Lipinski definition) is 0. The van der Waals surface area contributed by atoms with Crippen molar-refractivity contribution in [3.63, 3.8) is 0 Å². The molecule has 0 N–H and O–H groups in total. The smallest absolute Gasteiger partial charge is 0.134 e. The van der Waals surface area contributed by atoms with Gasteiger partial charge in [-0.15, -0.1) is 0 Å². The van der Waals surface area contributed by atoms with Crippen molar-refractivity contribution in [1.29, 1.82) is 0 Å². The Morgan fingerprint density at radius 1 is 0.900 bits per heavy atom. The second kappa shape index (κ2) is 7.26. The Bertz CT molecular complexity index is 1070. The summed E-state index contributed by atoms with van der Waals surface area (Å²) in [5, 5.41) is 0. The fourth-order valence-corrected chi connectivity index (χ4v) is 5.43. The zero-order chi connectivity index (χ0) is 20.1. The van der Waals surface area contributed by atoms with Gasteiger partial charge in [-0.25, -0.2) is 0 Å². The summed E-state index contributed by atoms with van der Waals surface area (Å²) in [5.41, 5.74) is 9.27. The van der Waals surface area contributed by atoms with Gasteiger partial charge in [-0.2, -0.15) is 0 Å². The molecule has 3 aromatic carbocycles. The maximum Gasteiger partial charge on any atom is 0.134 e. The van der Waals surface area contributed by atoms with Gasteiger partial charge in [-0.3, -0.25) is 0 Å². The van der Waals surface area contributed by atoms with E-state index in [0.29, 0.717) is 13.2 Å². The Morgan fingerprint density at radius 3 is 2.43 bits per heavy atom. The first kappa shape index (κ1) is 18.2. The van der Waals surface area contributed by atoms with Crippen LogP contribution in [0.3, 0.4) is 0 Å². The molecule has 3 atom stereocenters. The van der Waals surface area contributed by atoms with Crippen molar-refractivity contribution in [3.8, 4) is 16.9 Å². The molecule has 30 heavy (non-hydrogen) atoms. The van der Waals surface area contributed by atoms with E-state index in [0.717, 1.165) is 18.6 Å². The summed E-state index contributed by atoms with van der Waals surface area (Å²) < 4.78 is 19.4. The molecule has 6 rings (SSSR count). The van der Waals surface area contributed by atoms with Crippen molar-refractivity contribution < 1.29 is 14.2 Å². The second-order valence-corrected chi connectivity index (χ2v) is 8.59. The predicted molar refractivity (Wildman–Crippen MR) is 117 cm³/mol. The van der Waals surface area contributed by atoms with Crippen LogP contribution in [0.5, 0.6) is 5.75 Å². The average Bonchev–Trinajstić information content (AvgIpc) is 3.43. The SMILES string of the molecule is C[C@@H]1Oc2c(-c3ccccc3)c3c(c4c2[C@H](OC4)[C@H]1OCc1ccccc1)CCC3. The van der Waals surface area contributed by atoms with Gasteiger partial charge in [0.1, 0.15) is 24.1 Å². The summed E-state index contributed by atoms with van der Waals surface area (Å²) in [5.74, 6) is 1.03. The van der Waals surface area contributed by atoms with E-state index in [2.05, 4.69) is 61.5 Å². The van der Waals surface area contributed by atoms with Crippen molar-refractivity contribution in [1.82, 2.24) is 0 Å². The molecule has 0 amide bonds. The van der Waals surface area contributed by atoms with E-state index in [-0.39, 0.29) is 18.3 Å². The van der Waals surface area contributed by atoms with Crippen LogP contribution in [0.4, 0.5) is 0 Å². The summed E-state index contributed by atoms with van der Waals surface area (Å²) >= 11 is 0. The van der Waals surface area contributed by atoms with Gasteiger partial charge in [0.2, 0.25) is 0 Å². The van der Waals surface area contributed by atoms with Crippen LogP contribution in [0.2, 0.25) is 0 Å². The van der Waals surface area contributed by atoms with Gasteiger partial charge in [-0.05, 0) is 54.0 Å². The average molecular weight is 399 g/mol. The van der Waals surface area contributed by atoms with Crippen molar-refractivity contribution in [3.05, 3.63) is 88.5 Å². The Kier molecular flexibility index (Phi) is 4.40. The Morgan fingerprint density at radius 2 is 1.63 bits per heavy atom. The minimum atomic E-state index is -0.109. The molecule has 0 bridgehead atoms. The van der Waals surface area contributed by atoms with Gasteiger partial charge in [0.25, 0.3) is 0 Å². The zero-order valence-electron chi connectivity index (χ0n) is 17.3. The molecular formula is C27H26O3. The molecule has 0 unspecified atom stereocenters. The molecule has 3 aromatic rings. The molecule has 0 fully saturated rings. The number of rotatable bonds is 4. The molecule has 0 spiro atoms. The van der Waals surface area contributed by atoms with Crippen molar-refractivity contribution in [2.75, 3.05) is 0 Å². The Labute approximate surface area is 177 Å². The van der Waals surface area contributed by atoms with E-state index in [9.17, 15) is 0 Å². The second-order valence-electron chi connectivity index (χ2n) is 8.59. The number of fused-ring (bicyclic) bond motifs is 2. The summed E-state index contributed by atoms with van der Waals surface area (Å²) in [6, 6.07) is 21.0. The molecule has 0 saturated heterocycles. The van der Waals surface area contributed by atoms with Crippen LogP contribution in [0.15, 0.2) is 60.7 Å². The van der Waals surface area contributed by atoms with E-state index in [4.69, 9.17) is 14.2 Å². The van der Waals surface area contributed by atoms with Gasteiger partial charge in [0.05, 0.1) is 13.2 Å². The van der Waals surface area contributed by atoms with Crippen LogP contribution in [-0.4, -0.2) is 12.2 Å². The molecular weight excluding hydrogens is 372 g/mol. The molecule has 0 aromatic heterocycles. The standard InChI is InChI=1S/C27H26O3/c1-17-25(28-15-18-9-4-2-5-10-18)27-24-22(16-29-27)20-13-8-14-21(20)23(26(24)30-17)19-11-6-3-7-12-19/h2-7,9-12,17,25,27H,8,13-16H2,1H3/t17-,25-,27-/m0/s1. The summed E-state index contributed by atoms with van der Waals surface area (Å²) in [6.45, 7) is 3.36. The van der Waals surface area contributed by atoms with E-state index >= 15 is 0 Å². The number of ether oxygens (including phenoxy) is 3. The summed E-state index contributed by atoms with van der Waals surface area (Å²) in [4.78, 5) is 0. The molecule has 0 radical (unpaired) electrons. The first-order valence-corrected chi connectivity index (χ1v) is 11.0. The molecule has 3 aliphatic rings. The van der Waals surface area contributed by atoms with E-state index in [1.165, 1.54) is 45.4 Å². The quantitative estimate of drug-likeness (QED) is 0.558. The highest BCUT2D eigenvalue weighted by Crippen LogP contribution is 2.54. The molecule has 1 aliphatic carbocycles. The highest BCUT2D eigenvalue weighted by atomic mass is 16.6. The highest BCUT2D eigenvalue weighted by molar-refractivity contribution is 5.80. The normalized spacial score (nSPS) is 23.7. The minimum absolute atomic E-state index is 0.0594. The van der Waals surface area contributed by atoms with Crippen LogP contribution in [-0.2, 0) is 35.5 Å². The van der Waals surface area contributed by atoms with E-state index < -0.39 is 0 Å². The molecule has 0 saturated carbocycles. The molecule has 152 valence electrons. The summed E-state index contributed by atoms with van der Waals surface area (Å²) in [6.07, 6.45) is 3.23. The molecule has 3 nitrogen and oxygen atoms in total. The molecule has 2 heterocycles. The van der Waals surface area contributed by atoms with Gasteiger partial charge >= 0.3 is 0 Å². The number of benzene rings is 3. The fraction of sp³-hybridized carbons (Fsp3) is 0.333. The highest BCUT2D eigenvalue weighted by Gasteiger charge is 2.46. The van der Waals surface area contributed by atoms with Gasteiger partial charge in [-0.1, -0.05) is 60.7 Å². The third kappa shape index (κ3) is 2.80. The number of hydrogen-bond acceptors (Lipinski definition) is 3. The lowest BCUT2D eigenvalue weighted by Gasteiger charge is -2.37. The topological polar surface area (TPSA) is 27.7 Å². The van der Waals surface area contributed by atoms with E-state index in [1.54, 1.807) is 0 Å². The molecule has 3 heteroatoms.